The number of hydrogen-bond donors (Lipinski definition) is 2. The smallest absolute Gasteiger partial charge is 0.268 e. The molecule has 3 aliphatic rings. The number of nitrogens with two attached hydrogens (primary N) is 1. The number of anilines is 1. The maximum Gasteiger partial charge on any atom is 0.268 e. The Morgan fingerprint density at radius 3 is 2.76 bits per heavy atom. The van der Waals surface area contributed by atoms with Gasteiger partial charge in [0.05, 0.1) is 5.69 Å². The van der Waals surface area contributed by atoms with Crippen molar-refractivity contribution >= 4 is 11.6 Å². The van der Waals surface area contributed by atoms with Crippen LogP contribution in [0, 0.1) is 17.8 Å². The largest absolute Gasteiger partial charge is 0.397 e. The van der Waals surface area contributed by atoms with E-state index in [1.54, 1.807) is 0 Å². The highest BCUT2D eigenvalue weighted by Gasteiger charge is 2.42. The molecule has 3 aliphatic carbocycles. The SMILES string of the molecule is CC(NC(=O)c1cc(N)cn1C1CC1)C1CC2CCC1C2. The van der Waals surface area contributed by atoms with E-state index < -0.39 is 0 Å². The molecule has 21 heavy (non-hydrogen) atoms. The third-order valence-electron chi connectivity index (χ3n) is 5.84. The quantitative estimate of drug-likeness (QED) is 0.894. The predicted molar refractivity (Wildman–Crippen MR) is 83.0 cm³/mol. The van der Waals surface area contributed by atoms with Crippen molar-refractivity contribution in [2.75, 3.05) is 5.73 Å². The molecule has 1 heterocycles. The van der Waals surface area contributed by atoms with Gasteiger partial charge in [0, 0.05) is 18.3 Å². The van der Waals surface area contributed by atoms with Crippen molar-refractivity contribution in [1.82, 2.24) is 9.88 Å². The van der Waals surface area contributed by atoms with Crippen molar-refractivity contribution in [3.05, 3.63) is 18.0 Å². The fraction of sp³-hybridized carbons (Fsp3) is 0.706. The highest BCUT2D eigenvalue weighted by atomic mass is 16.2. The van der Waals surface area contributed by atoms with E-state index in [4.69, 9.17) is 5.73 Å². The summed E-state index contributed by atoms with van der Waals surface area (Å²) in [6, 6.07) is 2.58. The molecule has 4 rings (SSSR count). The molecule has 3 fully saturated rings. The summed E-state index contributed by atoms with van der Waals surface area (Å²) >= 11 is 0. The van der Waals surface area contributed by atoms with Crippen molar-refractivity contribution < 1.29 is 4.79 Å². The van der Waals surface area contributed by atoms with Gasteiger partial charge in [-0.15, -0.1) is 0 Å². The van der Waals surface area contributed by atoms with Crippen molar-refractivity contribution in [2.24, 2.45) is 17.8 Å². The van der Waals surface area contributed by atoms with Crippen LogP contribution in [0.5, 0.6) is 0 Å². The second kappa shape index (κ2) is 4.79. The van der Waals surface area contributed by atoms with Crippen molar-refractivity contribution in [3.8, 4) is 0 Å². The number of hydrogen-bond acceptors (Lipinski definition) is 2. The minimum absolute atomic E-state index is 0.0499. The van der Waals surface area contributed by atoms with Crippen LogP contribution in [0.2, 0.25) is 0 Å². The van der Waals surface area contributed by atoms with Gasteiger partial charge in [0.2, 0.25) is 0 Å². The van der Waals surface area contributed by atoms with Gasteiger partial charge in [0.1, 0.15) is 5.69 Å². The third kappa shape index (κ3) is 2.34. The topological polar surface area (TPSA) is 60.1 Å². The zero-order valence-corrected chi connectivity index (χ0v) is 12.7. The van der Waals surface area contributed by atoms with Gasteiger partial charge in [0.15, 0.2) is 0 Å². The van der Waals surface area contributed by atoms with E-state index in [1.807, 2.05) is 12.3 Å². The zero-order chi connectivity index (χ0) is 14.6. The van der Waals surface area contributed by atoms with Gasteiger partial charge < -0.3 is 15.6 Å². The molecule has 3 N–H and O–H groups in total. The van der Waals surface area contributed by atoms with Crippen LogP contribution in [0.15, 0.2) is 12.3 Å². The minimum Gasteiger partial charge on any atom is -0.397 e. The molecule has 2 bridgehead atoms. The summed E-state index contributed by atoms with van der Waals surface area (Å²) in [6.07, 6.45) is 9.69. The van der Waals surface area contributed by atoms with E-state index >= 15 is 0 Å². The number of carbonyl (C=O) groups is 1. The monoisotopic (exact) mass is 287 g/mol. The van der Waals surface area contributed by atoms with Crippen LogP contribution in [0.3, 0.4) is 0 Å². The Kier molecular flexibility index (Phi) is 3.02. The molecule has 1 aromatic heterocycles. The van der Waals surface area contributed by atoms with Gasteiger partial charge in [-0.25, -0.2) is 0 Å². The number of aromatic nitrogens is 1. The first-order valence-corrected chi connectivity index (χ1v) is 8.40. The lowest BCUT2D eigenvalue weighted by atomic mass is 9.84. The van der Waals surface area contributed by atoms with Crippen molar-refractivity contribution in [1.29, 1.82) is 0 Å². The molecule has 4 nitrogen and oxygen atoms in total. The molecule has 3 saturated carbocycles. The van der Waals surface area contributed by atoms with E-state index in [0.29, 0.717) is 17.6 Å². The fourth-order valence-corrected chi connectivity index (χ4v) is 4.63. The Hall–Kier alpha value is -1.45. The lowest BCUT2D eigenvalue weighted by Gasteiger charge is -2.28. The number of nitrogens with one attached hydrogen (secondary N) is 1. The molecule has 1 amide bonds. The first-order valence-electron chi connectivity index (χ1n) is 8.40. The Balaban J connectivity index is 1.45. The number of nitrogen functional groups attached to an aromatic ring is 1. The van der Waals surface area contributed by atoms with Gasteiger partial charge in [0.25, 0.3) is 5.91 Å². The van der Waals surface area contributed by atoms with Gasteiger partial charge in [-0.2, -0.15) is 0 Å². The summed E-state index contributed by atoms with van der Waals surface area (Å²) in [4.78, 5) is 12.6. The fourth-order valence-electron chi connectivity index (χ4n) is 4.63. The summed E-state index contributed by atoms with van der Waals surface area (Å²) in [5.41, 5.74) is 7.32. The van der Waals surface area contributed by atoms with Crippen molar-refractivity contribution in [2.45, 2.75) is 57.5 Å². The number of carbonyl (C=O) groups excluding carboxylic acids is 1. The molecule has 0 spiro atoms. The average Bonchev–Trinajstić information content (AvgIpc) is 2.91. The first-order chi connectivity index (χ1) is 10.1. The Bertz CT molecular complexity index is 560. The van der Waals surface area contributed by atoms with E-state index in [9.17, 15) is 4.79 Å². The van der Waals surface area contributed by atoms with Crippen LogP contribution < -0.4 is 11.1 Å². The second-order valence-electron chi connectivity index (χ2n) is 7.40. The molecule has 0 saturated heterocycles. The minimum atomic E-state index is 0.0499. The zero-order valence-electron chi connectivity index (χ0n) is 12.7. The highest BCUT2D eigenvalue weighted by Crippen LogP contribution is 2.49. The molecule has 0 radical (unpaired) electrons. The van der Waals surface area contributed by atoms with Gasteiger partial charge >= 0.3 is 0 Å². The van der Waals surface area contributed by atoms with Gasteiger partial charge in [-0.3, -0.25) is 4.79 Å². The second-order valence-corrected chi connectivity index (χ2v) is 7.40. The standard InChI is InChI=1S/C17H25N3O/c1-10(15-7-11-2-3-12(15)6-11)19-17(21)16-8-13(18)9-20(16)14-4-5-14/h8-12,14-15H,2-7,18H2,1H3,(H,19,21). The Labute approximate surface area is 126 Å². The summed E-state index contributed by atoms with van der Waals surface area (Å²) in [5.74, 6) is 2.49. The summed E-state index contributed by atoms with van der Waals surface area (Å²) < 4.78 is 2.07. The van der Waals surface area contributed by atoms with Gasteiger partial charge in [-0.05, 0) is 62.8 Å². The normalized spacial score (nSPS) is 32.3. The molecule has 0 aliphatic heterocycles. The maximum atomic E-state index is 12.6. The lowest BCUT2D eigenvalue weighted by molar-refractivity contribution is 0.0905. The van der Waals surface area contributed by atoms with Crippen LogP contribution in [-0.2, 0) is 0 Å². The molecule has 4 heteroatoms. The van der Waals surface area contributed by atoms with E-state index in [-0.39, 0.29) is 11.9 Å². The molecule has 4 unspecified atom stereocenters. The summed E-state index contributed by atoms with van der Waals surface area (Å²) in [5, 5.41) is 3.24. The van der Waals surface area contributed by atoms with Crippen LogP contribution in [0.4, 0.5) is 5.69 Å². The van der Waals surface area contributed by atoms with Gasteiger partial charge in [-0.1, -0.05) is 6.42 Å². The average molecular weight is 287 g/mol. The van der Waals surface area contributed by atoms with Crippen LogP contribution in [0.25, 0.3) is 0 Å². The molecule has 4 atom stereocenters. The lowest BCUT2D eigenvalue weighted by Crippen LogP contribution is -2.40. The van der Waals surface area contributed by atoms with E-state index in [0.717, 1.165) is 30.4 Å². The van der Waals surface area contributed by atoms with E-state index in [2.05, 4.69) is 16.8 Å². The number of fused-ring (bicyclic) bond motifs is 2. The predicted octanol–water partition coefficient (Wildman–Crippen LogP) is 2.96. The van der Waals surface area contributed by atoms with Crippen LogP contribution in [0.1, 0.15) is 62.0 Å². The summed E-state index contributed by atoms with van der Waals surface area (Å²) in [7, 11) is 0. The van der Waals surface area contributed by atoms with Crippen LogP contribution >= 0.6 is 0 Å². The highest BCUT2D eigenvalue weighted by molar-refractivity contribution is 5.94. The summed E-state index contributed by atoms with van der Waals surface area (Å²) in [6.45, 7) is 2.18. The number of nitrogens with zero attached hydrogens (tertiary/aromatic N) is 1. The molecule has 1 aromatic rings. The van der Waals surface area contributed by atoms with Crippen LogP contribution in [-0.4, -0.2) is 16.5 Å². The number of rotatable bonds is 4. The Morgan fingerprint density at radius 2 is 2.14 bits per heavy atom. The maximum absolute atomic E-state index is 12.6. The van der Waals surface area contributed by atoms with Crippen molar-refractivity contribution in [3.63, 3.8) is 0 Å². The molecular formula is C17H25N3O. The Morgan fingerprint density at radius 1 is 1.33 bits per heavy atom. The van der Waals surface area contributed by atoms with E-state index in [1.165, 1.54) is 25.7 Å². The molecular weight excluding hydrogens is 262 g/mol. The third-order valence-corrected chi connectivity index (χ3v) is 5.84. The first kappa shape index (κ1) is 13.2. The molecule has 0 aromatic carbocycles. The number of amides is 1. The molecule has 114 valence electrons.